The largest absolute Gasteiger partial charge is 0.348 e. The third-order valence-electron chi connectivity index (χ3n) is 5.61. The minimum absolute atomic E-state index is 0.0645. The van der Waals surface area contributed by atoms with Crippen LogP contribution in [-0.2, 0) is 14.3 Å². The summed E-state index contributed by atoms with van der Waals surface area (Å²) < 4.78 is 5.65. The van der Waals surface area contributed by atoms with Crippen LogP contribution in [0, 0.1) is 5.92 Å². The molecule has 116 valence electrons. The van der Waals surface area contributed by atoms with Gasteiger partial charge in [0.2, 0.25) is 0 Å². The zero-order valence-corrected chi connectivity index (χ0v) is 13.1. The molecule has 1 saturated heterocycles. The van der Waals surface area contributed by atoms with E-state index < -0.39 is 5.60 Å². The Hall–Kier alpha value is -1.48. The van der Waals surface area contributed by atoms with E-state index in [0.29, 0.717) is 11.5 Å². The van der Waals surface area contributed by atoms with Gasteiger partial charge >= 0.3 is 0 Å². The Morgan fingerprint density at radius 1 is 1.27 bits per heavy atom. The molecular weight excluding hydrogens is 276 g/mol. The monoisotopic (exact) mass is 298 g/mol. The second kappa shape index (κ2) is 5.02. The summed E-state index contributed by atoms with van der Waals surface area (Å²) in [5, 5.41) is 0. The van der Waals surface area contributed by atoms with Crippen LogP contribution < -0.4 is 0 Å². The first kappa shape index (κ1) is 14.1. The lowest BCUT2D eigenvalue weighted by Gasteiger charge is -2.32. The highest BCUT2D eigenvalue weighted by Crippen LogP contribution is 2.54. The number of hydrogen-bond donors (Lipinski definition) is 0. The summed E-state index contributed by atoms with van der Waals surface area (Å²) in [6.45, 7) is 2.21. The number of rotatable bonds is 4. The van der Waals surface area contributed by atoms with Crippen LogP contribution in [0.3, 0.4) is 0 Å². The van der Waals surface area contributed by atoms with E-state index in [1.807, 2.05) is 12.2 Å². The van der Waals surface area contributed by atoms with Crippen molar-refractivity contribution in [1.82, 2.24) is 0 Å². The average molecular weight is 298 g/mol. The van der Waals surface area contributed by atoms with Gasteiger partial charge in [0.05, 0.1) is 0 Å². The third-order valence-corrected chi connectivity index (χ3v) is 5.61. The highest BCUT2D eigenvalue weighted by atomic mass is 16.6. The molecule has 0 aromatic rings. The van der Waals surface area contributed by atoms with Gasteiger partial charge in [0.15, 0.2) is 17.2 Å². The predicted octanol–water partition coefficient (Wildman–Crippen LogP) is 3.45. The molecular formula is C19H22O3. The average Bonchev–Trinajstić information content (AvgIpc) is 3.28. The summed E-state index contributed by atoms with van der Waals surface area (Å²) in [4.78, 5) is 25.7. The molecule has 1 fully saturated rings. The Morgan fingerprint density at radius 3 is 2.95 bits per heavy atom. The quantitative estimate of drug-likeness (QED) is 0.590. The zero-order chi connectivity index (χ0) is 15.3. The molecule has 0 aromatic heterocycles. The van der Waals surface area contributed by atoms with Crippen LogP contribution in [0.2, 0.25) is 0 Å². The first-order valence-electron chi connectivity index (χ1n) is 8.56. The molecule has 0 bridgehead atoms. The fourth-order valence-electron chi connectivity index (χ4n) is 4.29. The molecule has 0 N–H and O–H groups in total. The number of epoxide rings is 1. The van der Waals surface area contributed by atoms with E-state index in [1.54, 1.807) is 6.08 Å². The molecule has 3 nitrogen and oxygen atoms in total. The standard InChI is InChI=1S/C19H22O3/c1-2-3-4-6-12-9-10-13-14(11-12)17(20)15-7-5-8-16-19(15,22-16)18(13)21/h5,7-8,12,16H,2-4,6,9-11H2,1H3. The van der Waals surface area contributed by atoms with Gasteiger partial charge < -0.3 is 4.74 Å². The van der Waals surface area contributed by atoms with E-state index in [-0.39, 0.29) is 17.7 Å². The minimum Gasteiger partial charge on any atom is -0.348 e. The van der Waals surface area contributed by atoms with E-state index in [2.05, 4.69) is 6.92 Å². The molecule has 1 heterocycles. The molecule has 0 saturated carbocycles. The summed E-state index contributed by atoms with van der Waals surface area (Å²) >= 11 is 0. The van der Waals surface area contributed by atoms with E-state index in [1.165, 1.54) is 25.7 Å². The van der Waals surface area contributed by atoms with Gasteiger partial charge in [-0.25, -0.2) is 0 Å². The van der Waals surface area contributed by atoms with Crippen molar-refractivity contribution >= 4 is 11.6 Å². The number of unbranched alkanes of at least 4 members (excludes halogenated alkanes) is 2. The first-order chi connectivity index (χ1) is 10.7. The summed E-state index contributed by atoms with van der Waals surface area (Å²) in [5.74, 6) is 0.697. The third kappa shape index (κ3) is 1.84. The fourth-order valence-corrected chi connectivity index (χ4v) is 4.29. The first-order valence-corrected chi connectivity index (χ1v) is 8.56. The molecule has 3 aliphatic carbocycles. The maximum Gasteiger partial charge on any atom is 0.198 e. The van der Waals surface area contributed by atoms with Gasteiger partial charge in [-0.1, -0.05) is 50.8 Å². The molecule has 1 aliphatic heterocycles. The van der Waals surface area contributed by atoms with Crippen molar-refractivity contribution in [3.8, 4) is 0 Å². The van der Waals surface area contributed by atoms with Crippen LogP contribution in [0.4, 0.5) is 0 Å². The lowest BCUT2D eigenvalue weighted by molar-refractivity contribution is -0.124. The second-order valence-corrected chi connectivity index (χ2v) is 6.96. The molecule has 22 heavy (non-hydrogen) atoms. The molecule has 0 aromatic carbocycles. The maximum absolute atomic E-state index is 12.9. The number of ketones is 2. The van der Waals surface area contributed by atoms with E-state index in [9.17, 15) is 9.59 Å². The van der Waals surface area contributed by atoms with Gasteiger partial charge in [0.25, 0.3) is 0 Å². The second-order valence-electron chi connectivity index (χ2n) is 6.96. The van der Waals surface area contributed by atoms with Crippen LogP contribution in [-0.4, -0.2) is 23.3 Å². The van der Waals surface area contributed by atoms with Gasteiger partial charge in [-0.2, -0.15) is 0 Å². The van der Waals surface area contributed by atoms with Crippen LogP contribution >= 0.6 is 0 Å². The Labute approximate surface area is 131 Å². The smallest absolute Gasteiger partial charge is 0.198 e. The maximum atomic E-state index is 12.9. The topological polar surface area (TPSA) is 46.7 Å². The van der Waals surface area contributed by atoms with Crippen LogP contribution in [0.15, 0.2) is 34.9 Å². The molecule has 4 rings (SSSR count). The van der Waals surface area contributed by atoms with Crippen molar-refractivity contribution < 1.29 is 14.3 Å². The van der Waals surface area contributed by atoms with Crippen molar-refractivity contribution in [2.45, 2.75) is 63.6 Å². The van der Waals surface area contributed by atoms with Gasteiger partial charge in [-0.15, -0.1) is 0 Å². The minimum atomic E-state index is -0.931. The summed E-state index contributed by atoms with van der Waals surface area (Å²) in [5.41, 5.74) is 1.21. The number of carbonyl (C=O) groups is 2. The number of hydrogen-bond acceptors (Lipinski definition) is 3. The molecule has 3 heteroatoms. The van der Waals surface area contributed by atoms with Crippen LogP contribution in [0.25, 0.3) is 0 Å². The van der Waals surface area contributed by atoms with Crippen molar-refractivity contribution in [2.75, 3.05) is 0 Å². The van der Waals surface area contributed by atoms with E-state index >= 15 is 0 Å². The summed E-state index contributed by atoms with van der Waals surface area (Å²) in [7, 11) is 0. The number of ether oxygens (including phenoxy) is 1. The van der Waals surface area contributed by atoms with Crippen LogP contribution in [0.1, 0.15) is 51.9 Å². The molecule has 3 atom stereocenters. The summed E-state index contributed by atoms with van der Waals surface area (Å²) in [6, 6.07) is 0. The highest BCUT2D eigenvalue weighted by Gasteiger charge is 2.68. The fraction of sp³-hybridized carbons (Fsp3) is 0.579. The zero-order valence-electron chi connectivity index (χ0n) is 13.1. The molecule has 0 amide bonds. The Bertz CT molecular complexity index is 637. The molecule has 3 unspecified atom stereocenters. The molecule has 0 radical (unpaired) electrons. The number of Topliss-reactive ketones (excluding diaryl/α,β-unsaturated/α-hetero) is 2. The van der Waals surface area contributed by atoms with Crippen molar-refractivity contribution in [1.29, 1.82) is 0 Å². The van der Waals surface area contributed by atoms with Gasteiger partial charge in [0.1, 0.15) is 6.10 Å². The van der Waals surface area contributed by atoms with E-state index in [0.717, 1.165) is 30.4 Å². The van der Waals surface area contributed by atoms with E-state index in [4.69, 9.17) is 4.74 Å². The van der Waals surface area contributed by atoms with Gasteiger partial charge in [-0.3, -0.25) is 9.59 Å². The molecule has 4 aliphatic rings. The Balaban J connectivity index is 1.60. The number of allylic oxidation sites excluding steroid dienone is 3. The Morgan fingerprint density at radius 2 is 2.14 bits per heavy atom. The SMILES string of the molecule is CCCCCC1CCC2=C(C1)C(=O)C1=CC=CC3OC13C2=O. The van der Waals surface area contributed by atoms with Crippen molar-refractivity contribution in [2.24, 2.45) is 5.92 Å². The molecule has 1 spiro atoms. The number of carbonyl (C=O) groups excluding carboxylic acids is 2. The van der Waals surface area contributed by atoms with Gasteiger partial charge in [0, 0.05) is 16.7 Å². The normalized spacial score (nSPS) is 35.8. The van der Waals surface area contributed by atoms with Crippen LogP contribution in [0.5, 0.6) is 0 Å². The van der Waals surface area contributed by atoms with Gasteiger partial charge in [-0.05, 0) is 25.2 Å². The Kier molecular flexibility index (Phi) is 3.23. The highest BCUT2D eigenvalue weighted by molar-refractivity contribution is 6.27. The summed E-state index contributed by atoms with van der Waals surface area (Å²) in [6.07, 6.45) is 12.8. The predicted molar refractivity (Wildman–Crippen MR) is 83.4 cm³/mol. The lowest BCUT2D eigenvalue weighted by Crippen LogP contribution is -2.42. The van der Waals surface area contributed by atoms with Crippen molar-refractivity contribution in [3.63, 3.8) is 0 Å². The van der Waals surface area contributed by atoms with Crippen molar-refractivity contribution in [3.05, 3.63) is 34.9 Å². The lowest BCUT2D eigenvalue weighted by atomic mass is 9.68.